The Balaban J connectivity index is 2.64. The van der Waals surface area contributed by atoms with E-state index in [1.54, 1.807) is 7.05 Å². The molecule has 2 aromatic rings. The van der Waals surface area contributed by atoms with E-state index in [1.807, 2.05) is 0 Å². The lowest BCUT2D eigenvalue weighted by atomic mass is 10.1. The van der Waals surface area contributed by atoms with Gasteiger partial charge < -0.3 is 10.4 Å². The predicted molar refractivity (Wildman–Crippen MR) is 61.5 cm³/mol. The summed E-state index contributed by atoms with van der Waals surface area (Å²) >= 11 is 0. The van der Waals surface area contributed by atoms with Crippen LogP contribution < -0.4 is 10.9 Å². The summed E-state index contributed by atoms with van der Waals surface area (Å²) in [7, 11) is 1.56. The first-order valence-corrected chi connectivity index (χ1v) is 4.89. The molecule has 0 saturated carbocycles. The molecule has 88 valence electrons. The molecule has 0 amide bonds. The van der Waals surface area contributed by atoms with Gasteiger partial charge in [-0.15, -0.1) is 0 Å². The molecular formula is C11H10FN3O2. The summed E-state index contributed by atoms with van der Waals surface area (Å²) < 4.78 is 13.0. The minimum absolute atomic E-state index is 0.0523. The van der Waals surface area contributed by atoms with Crippen LogP contribution in [0.5, 0.6) is 5.88 Å². The van der Waals surface area contributed by atoms with E-state index in [9.17, 15) is 14.3 Å². The van der Waals surface area contributed by atoms with E-state index in [2.05, 4.69) is 15.3 Å². The fourth-order valence-electron chi connectivity index (χ4n) is 1.48. The second kappa shape index (κ2) is 4.25. The number of rotatable bonds is 2. The lowest BCUT2D eigenvalue weighted by Gasteiger charge is -2.05. The predicted octanol–water partition coefficient (Wildman–Crippen LogP) is 1.32. The molecule has 0 saturated heterocycles. The van der Waals surface area contributed by atoms with Crippen molar-refractivity contribution in [3.05, 3.63) is 40.4 Å². The molecule has 0 aliphatic carbocycles. The summed E-state index contributed by atoms with van der Waals surface area (Å²) in [6.45, 7) is 0. The largest absolute Gasteiger partial charge is 0.493 e. The van der Waals surface area contributed by atoms with E-state index in [4.69, 9.17) is 0 Å². The van der Waals surface area contributed by atoms with Crippen molar-refractivity contribution < 1.29 is 9.50 Å². The quantitative estimate of drug-likeness (QED) is 0.733. The molecule has 0 fully saturated rings. The van der Waals surface area contributed by atoms with Crippen molar-refractivity contribution >= 4 is 5.95 Å². The maximum atomic E-state index is 13.0. The van der Waals surface area contributed by atoms with Gasteiger partial charge in [-0.1, -0.05) is 12.1 Å². The van der Waals surface area contributed by atoms with Gasteiger partial charge >= 0.3 is 0 Å². The minimum atomic E-state index is -0.535. The Morgan fingerprint density at radius 1 is 1.47 bits per heavy atom. The topological polar surface area (TPSA) is 78.0 Å². The fourth-order valence-corrected chi connectivity index (χ4v) is 1.48. The number of benzene rings is 1. The van der Waals surface area contributed by atoms with Crippen molar-refractivity contribution in [1.82, 2.24) is 9.97 Å². The SMILES string of the molecule is CNc1nc(O)c(-c2cccc(F)c2)c(=O)[nH]1. The normalized spacial score (nSPS) is 10.2. The number of aromatic nitrogens is 2. The Labute approximate surface area is 96.0 Å². The van der Waals surface area contributed by atoms with Gasteiger partial charge in [0.15, 0.2) is 0 Å². The van der Waals surface area contributed by atoms with Crippen LogP contribution in [0.2, 0.25) is 0 Å². The molecule has 6 heteroatoms. The number of halogens is 1. The number of anilines is 1. The monoisotopic (exact) mass is 235 g/mol. The molecule has 2 rings (SSSR count). The van der Waals surface area contributed by atoms with Crippen LogP contribution in [-0.2, 0) is 0 Å². The van der Waals surface area contributed by atoms with Gasteiger partial charge in [0.1, 0.15) is 11.4 Å². The second-order valence-electron chi connectivity index (χ2n) is 3.37. The maximum absolute atomic E-state index is 13.0. The molecule has 0 spiro atoms. The van der Waals surface area contributed by atoms with E-state index < -0.39 is 17.3 Å². The van der Waals surface area contributed by atoms with Crippen LogP contribution in [0.3, 0.4) is 0 Å². The number of aromatic hydroxyl groups is 1. The Morgan fingerprint density at radius 2 is 2.24 bits per heavy atom. The van der Waals surface area contributed by atoms with E-state index in [-0.39, 0.29) is 17.1 Å². The highest BCUT2D eigenvalue weighted by molar-refractivity contribution is 5.67. The maximum Gasteiger partial charge on any atom is 0.264 e. The molecule has 1 aromatic heterocycles. The zero-order chi connectivity index (χ0) is 12.4. The first kappa shape index (κ1) is 11.1. The van der Waals surface area contributed by atoms with Crippen LogP contribution in [0, 0.1) is 5.82 Å². The van der Waals surface area contributed by atoms with Crippen molar-refractivity contribution in [2.24, 2.45) is 0 Å². The van der Waals surface area contributed by atoms with E-state index in [1.165, 1.54) is 18.2 Å². The van der Waals surface area contributed by atoms with Crippen LogP contribution in [0.25, 0.3) is 11.1 Å². The standard InChI is InChI=1S/C11H10FN3O2/c1-13-11-14-9(16)8(10(17)15-11)6-3-2-4-7(12)5-6/h2-5H,1H3,(H3,13,14,15,16,17). The van der Waals surface area contributed by atoms with Gasteiger partial charge in [0.2, 0.25) is 11.8 Å². The summed E-state index contributed by atoms with van der Waals surface area (Å²) in [6, 6.07) is 5.39. The Morgan fingerprint density at radius 3 is 2.82 bits per heavy atom. The summed E-state index contributed by atoms with van der Waals surface area (Å²) in [5.74, 6) is -0.782. The number of aromatic amines is 1. The molecule has 1 heterocycles. The zero-order valence-electron chi connectivity index (χ0n) is 8.99. The summed E-state index contributed by atoms with van der Waals surface area (Å²) in [4.78, 5) is 17.9. The van der Waals surface area contributed by atoms with E-state index in [0.717, 1.165) is 6.07 Å². The summed E-state index contributed by atoms with van der Waals surface area (Å²) in [6.07, 6.45) is 0. The fraction of sp³-hybridized carbons (Fsp3) is 0.0909. The van der Waals surface area contributed by atoms with Crippen molar-refractivity contribution in [2.75, 3.05) is 12.4 Å². The third kappa shape index (κ3) is 2.10. The summed E-state index contributed by atoms with van der Waals surface area (Å²) in [5.41, 5.74) is -0.310. The molecular weight excluding hydrogens is 225 g/mol. The van der Waals surface area contributed by atoms with Crippen LogP contribution in [-0.4, -0.2) is 22.1 Å². The third-order valence-corrected chi connectivity index (χ3v) is 2.25. The molecule has 5 nitrogen and oxygen atoms in total. The molecule has 3 N–H and O–H groups in total. The first-order valence-electron chi connectivity index (χ1n) is 4.89. The minimum Gasteiger partial charge on any atom is -0.493 e. The van der Waals surface area contributed by atoms with Crippen molar-refractivity contribution in [3.8, 4) is 17.0 Å². The average Bonchev–Trinajstić information content (AvgIpc) is 2.28. The van der Waals surface area contributed by atoms with E-state index in [0.29, 0.717) is 0 Å². The number of hydrogen-bond donors (Lipinski definition) is 3. The average molecular weight is 235 g/mol. The van der Waals surface area contributed by atoms with E-state index >= 15 is 0 Å². The molecule has 0 aliphatic rings. The van der Waals surface area contributed by atoms with Gasteiger partial charge in [0.05, 0.1) is 0 Å². The Kier molecular flexibility index (Phi) is 2.78. The molecule has 0 aliphatic heterocycles. The van der Waals surface area contributed by atoms with Gasteiger partial charge in [-0.25, -0.2) is 4.39 Å². The highest BCUT2D eigenvalue weighted by Gasteiger charge is 2.12. The zero-order valence-corrected chi connectivity index (χ0v) is 8.99. The highest BCUT2D eigenvalue weighted by Crippen LogP contribution is 2.24. The molecule has 0 bridgehead atoms. The molecule has 1 aromatic carbocycles. The number of nitrogens with zero attached hydrogens (tertiary/aromatic N) is 1. The van der Waals surface area contributed by atoms with Crippen LogP contribution in [0.1, 0.15) is 0 Å². The highest BCUT2D eigenvalue weighted by atomic mass is 19.1. The van der Waals surface area contributed by atoms with Gasteiger partial charge in [-0.2, -0.15) is 4.98 Å². The second-order valence-corrected chi connectivity index (χ2v) is 3.37. The van der Waals surface area contributed by atoms with Gasteiger partial charge in [-0.3, -0.25) is 9.78 Å². The lowest BCUT2D eigenvalue weighted by molar-refractivity contribution is 0.454. The molecule has 0 atom stereocenters. The lowest BCUT2D eigenvalue weighted by Crippen LogP contribution is -2.13. The smallest absolute Gasteiger partial charge is 0.264 e. The molecule has 17 heavy (non-hydrogen) atoms. The Bertz CT molecular complexity index is 610. The van der Waals surface area contributed by atoms with Crippen LogP contribution >= 0.6 is 0 Å². The van der Waals surface area contributed by atoms with Crippen molar-refractivity contribution in [3.63, 3.8) is 0 Å². The van der Waals surface area contributed by atoms with Crippen LogP contribution in [0.15, 0.2) is 29.1 Å². The van der Waals surface area contributed by atoms with Gasteiger partial charge in [0, 0.05) is 7.05 Å². The van der Waals surface area contributed by atoms with Crippen molar-refractivity contribution in [2.45, 2.75) is 0 Å². The van der Waals surface area contributed by atoms with Gasteiger partial charge in [0.25, 0.3) is 5.56 Å². The summed E-state index contributed by atoms with van der Waals surface area (Å²) in [5, 5.41) is 12.3. The van der Waals surface area contributed by atoms with Gasteiger partial charge in [-0.05, 0) is 17.7 Å². The molecule has 0 unspecified atom stereocenters. The Hall–Kier alpha value is -2.37. The third-order valence-electron chi connectivity index (χ3n) is 2.25. The number of H-pyrrole nitrogens is 1. The molecule has 0 radical (unpaired) electrons. The number of hydrogen-bond acceptors (Lipinski definition) is 4. The van der Waals surface area contributed by atoms with Crippen molar-refractivity contribution in [1.29, 1.82) is 0 Å². The van der Waals surface area contributed by atoms with Crippen LogP contribution in [0.4, 0.5) is 10.3 Å². The number of nitrogens with one attached hydrogen (secondary N) is 2. The first-order chi connectivity index (χ1) is 8.11.